The van der Waals surface area contributed by atoms with Crippen molar-refractivity contribution in [3.05, 3.63) is 54.5 Å². The Balaban J connectivity index is 1.53. The summed E-state index contributed by atoms with van der Waals surface area (Å²) in [5.41, 5.74) is 0. The van der Waals surface area contributed by atoms with E-state index in [1.165, 1.54) is 13.2 Å². The van der Waals surface area contributed by atoms with Gasteiger partial charge in [-0.25, -0.2) is 0 Å². The van der Waals surface area contributed by atoms with E-state index in [2.05, 4.69) is 5.32 Å². The Labute approximate surface area is 156 Å². The van der Waals surface area contributed by atoms with E-state index in [1.807, 2.05) is 18.2 Å². The summed E-state index contributed by atoms with van der Waals surface area (Å²) in [5.74, 6) is 0.756. The first kappa shape index (κ1) is 18.0. The molecule has 2 fully saturated rings. The largest absolute Gasteiger partial charge is 0.464 e. The number of benzene rings is 1. The first-order chi connectivity index (χ1) is 13.1. The standard InChI is InChI=1S/C19H21NO7/c1-11(21)20-15-16(22)17-14(10-24-18(27-17)13-8-5-9-23-13)26-19(15)25-12-6-3-2-4-7-12/h2-9,14-19,22H,10H2,1H3,(H,20,21)/t14-,15+,16+,17+,18+,19-/m1/s1. The zero-order valence-electron chi connectivity index (χ0n) is 14.7. The van der Waals surface area contributed by atoms with E-state index >= 15 is 0 Å². The van der Waals surface area contributed by atoms with Crippen molar-refractivity contribution in [2.75, 3.05) is 6.61 Å². The van der Waals surface area contributed by atoms with Gasteiger partial charge in [-0.3, -0.25) is 4.79 Å². The molecule has 0 bridgehead atoms. The van der Waals surface area contributed by atoms with E-state index < -0.39 is 36.9 Å². The molecule has 0 unspecified atom stereocenters. The predicted octanol–water partition coefficient (Wildman–Crippen LogP) is 1.36. The van der Waals surface area contributed by atoms with Gasteiger partial charge in [-0.2, -0.15) is 0 Å². The fourth-order valence-corrected chi connectivity index (χ4v) is 3.28. The van der Waals surface area contributed by atoms with Crippen LogP contribution in [0.4, 0.5) is 0 Å². The molecule has 2 aromatic rings. The highest BCUT2D eigenvalue weighted by atomic mass is 16.8. The lowest BCUT2D eigenvalue weighted by Gasteiger charge is -2.47. The summed E-state index contributed by atoms with van der Waals surface area (Å²) < 4.78 is 28.7. The van der Waals surface area contributed by atoms with Crippen LogP contribution in [0.3, 0.4) is 0 Å². The van der Waals surface area contributed by atoms with E-state index in [4.69, 9.17) is 23.4 Å². The Bertz CT molecular complexity index is 751. The van der Waals surface area contributed by atoms with Crippen LogP contribution in [-0.4, -0.2) is 48.3 Å². The highest BCUT2D eigenvalue weighted by Gasteiger charge is 2.51. The van der Waals surface area contributed by atoms with E-state index in [9.17, 15) is 9.90 Å². The van der Waals surface area contributed by atoms with Gasteiger partial charge in [0.05, 0.1) is 12.9 Å². The van der Waals surface area contributed by atoms with Crippen LogP contribution in [-0.2, 0) is 19.0 Å². The average Bonchev–Trinajstić information content (AvgIpc) is 3.20. The van der Waals surface area contributed by atoms with Gasteiger partial charge in [0.2, 0.25) is 18.5 Å². The van der Waals surface area contributed by atoms with Gasteiger partial charge >= 0.3 is 0 Å². The van der Waals surface area contributed by atoms with Crippen molar-refractivity contribution in [2.45, 2.75) is 43.9 Å². The van der Waals surface area contributed by atoms with Crippen LogP contribution in [0.2, 0.25) is 0 Å². The molecule has 0 saturated carbocycles. The molecule has 1 amide bonds. The maximum atomic E-state index is 11.7. The SMILES string of the molecule is CC(=O)N[C@@H]1[C@H](Oc2ccccc2)O[C@@H]2CO[C@H](c3ccco3)O[C@@H]2[C@H]1O. The molecule has 8 heteroatoms. The summed E-state index contributed by atoms with van der Waals surface area (Å²) in [5, 5.41) is 13.6. The van der Waals surface area contributed by atoms with Crippen molar-refractivity contribution < 1.29 is 33.3 Å². The molecule has 8 nitrogen and oxygen atoms in total. The second kappa shape index (κ2) is 7.69. The van der Waals surface area contributed by atoms with Gasteiger partial charge in [-0.1, -0.05) is 18.2 Å². The van der Waals surface area contributed by atoms with E-state index in [-0.39, 0.29) is 12.5 Å². The molecule has 3 heterocycles. The van der Waals surface area contributed by atoms with Gasteiger partial charge in [-0.05, 0) is 24.3 Å². The fourth-order valence-electron chi connectivity index (χ4n) is 3.28. The summed E-state index contributed by atoms with van der Waals surface area (Å²) in [6.45, 7) is 1.56. The second-order valence-corrected chi connectivity index (χ2v) is 6.47. The van der Waals surface area contributed by atoms with E-state index in [1.54, 1.807) is 24.3 Å². The molecular weight excluding hydrogens is 354 g/mol. The monoisotopic (exact) mass is 375 g/mol. The molecule has 1 aromatic carbocycles. The zero-order chi connectivity index (χ0) is 18.8. The molecule has 4 rings (SSSR count). The normalized spacial score (nSPS) is 33.1. The smallest absolute Gasteiger partial charge is 0.223 e. The topological polar surface area (TPSA) is 99.4 Å². The molecule has 1 aromatic heterocycles. The predicted molar refractivity (Wildman–Crippen MR) is 91.6 cm³/mol. The Kier molecular flexibility index (Phi) is 5.13. The number of hydrogen-bond donors (Lipinski definition) is 2. The number of ether oxygens (including phenoxy) is 4. The number of carbonyl (C=O) groups excluding carboxylic acids is 1. The number of rotatable bonds is 4. The van der Waals surface area contributed by atoms with Crippen LogP contribution in [0.25, 0.3) is 0 Å². The Morgan fingerprint density at radius 1 is 1.19 bits per heavy atom. The van der Waals surface area contributed by atoms with Crippen LogP contribution < -0.4 is 10.1 Å². The first-order valence-electron chi connectivity index (χ1n) is 8.74. The van der Waals surface area contributed by atoms with Crippen LogP contribution in [0, 0.1) is 0 Å². The number of hydrogen-bond acceptors (Lipinski definition) is 7. The third-order valence-electron chi connectivity index (χ3n) is 4.51. The highest BCUT2D eigenvalue weighted by molar-refractivity contribution is 5.73. The minimum absolute atomic E-state index is 0.189. The molecule has 0 aliphatic carbocycles. The van der Waals surface area contributed by atoms with Crippen LogP contribution in [0.5, 0.6) is 5.75 Å². The van der Waals surface area contributed by atoms with Gasteiger partial charge in [0.15, 0.2) is 5.76 Å². The van der Waals surface area contributed by atoms with Crippen molar-refractivity contribution in [2.24, 2.45) is 0 Å². The van der Waals surface area contributed by atoms with Crippen LogP contribution in [0.1, 0.15) is 19.0 Å². The lowest BCUT2D eigenvalue weighted by Crippen LogP contribution is -2.67. The summed E-state index contributed by atoms with van der Waals surface area (Å²) >= 11 is 0. The fraction of sp³-hybridized carbons (Fsp3) is 0.421. The summed E-state index contributed by atoms with van der Waals surface area (Å²) in [6.07, 6.45) is -2.43. The van der Waals surface area contributed by atoms with E-state index in [0.717, 1.165) is 0 Å². The molecule has 6 atom stereocenters. The third-order valence-corrected chi connectivity index (χ3v) is 4.51. The number of carbonyl (C=O) groups is 1. The van der Waals surface area contributed by atoms with Gasteiger partial charge in [0.1, 0.15) is 30.1 Å². The van der Waals surface area contributed by atoms with Crippen LogP contribution >= 0.6 is 0 Å². The minimum Gasteiger partial charge on any atom is -0.464 e. The number of amides is 1. The van der Waals surface area contributed by atoms with Gasteiger partial charge in [0.25, 0.3) is 0 Å². The Hall–Kier alpha value is -2.39. The van der Waals surface area contributed by atoms with Gasteiger partial charge < -0.3 is 33.8 Å². The molecule has 0 spiro atoms. The number of aliphatic hydroxyl groups excluding tert-OH is 1. The second-order valence-electron chi connectivity index (χ2n) is 6.47. The number of aliphatic hydroxyl groups is 1. The summed E-state index contributed by atoms with van der Waals surface area (Å²) in [7, 11) is 0. The number of furan rings is 1. The minimum atomic E-state index is -1.05. The van der Waals surface area contributed by atoms with Crippen molar-refractivity contribution in [3.8, 4) is 5.75 Å². The zero-order valence-corrected chi connectivity index (χ0v) is 14.7. The Morgan fingerprint density at radius 3 is 2.70 bits per heavy atom. The molecule has 2 N–H and O–H groups in total. The molecule has 144 valence electrons. The van der Waals surface area contributed by atoms with Crippen molar-refractivity contribution in [1.82, 2.24) is 5.32 Å². The van der Waals surface area contributed by atoms with Crippen molar-refractivity contribution in [3.63, 3.8) is 0 Å². The van der Waals surface area contributed by atoms with Gasteiger partial charge in [0, 0.05) is 6.92 Å². The van der Waals surface area contributed by atoms with Crippen LogP contribution in [0.15, 0.2) is 53.1 Å². The van der Waals surface area contributed by atoms with Crippen molar-refractivity contribution in [1.29, 1.82) is 0 Å². The lowest BCUT2D eigenvalue weighted by molar-refractivity contribution is -0.336. The summed E-state index contributed by atoms with van der Waals surface area (Å²) in [6, 6.07) is 11.7. The Morgan fingerprint density at radius 2 is 2.00 bits per heavy atom. The molecule has 2 saturated heterocycles. The number of fused-ring (bicyclic) bond motifs is 1. The van der Waals surface area contributed by atoms with Crippen molar-refractivity contribution >= 4 is 5.91 Å². The van der Waals surface area contributed by atoms with E-state index in [0.29, 0.717) is 11.5 Å². The summed E-state index contributed by atoms with van der Waals surface area (Å²) in [4.78, 5) is 11.7. The molecular formula is C19H21NO7. The lowest BCUT2D eigenvalue weighted by atomic mass is 9.96. The molecule has 0 radical (unpaired) electrons. The maximum absolute atomic E-state index is 11.7. The first-order valence-corrected chi connectivity index (χ1v) is 8.74. The number of nitrogens with one attached hydrogen (secondary N) is 1. The third kappa shape index (κ3) is 3.84. The molecule has 2 aliphatic rings. The number of para-hydroxylation sites is 1. The average molecular weight is 375 g/mol. The van der Waals surface area contributed by atoms with Gasteiger partial charge in [-0.15, -0.1) is 0 Å². The molecule has 2 aliphatic heterocycles. The quantitative estimate of drug-likeness (QED) is 0.832. The maximum Gasteiger partial charge on any atom is 0.223 e. The molecule has 27 heavy (non-hydrogen) atoms. The highest BCUT2D eigenvalue weighted by Crippen LogP contribution is 2.34.